The summed E-state index contributed by atoms with van der Waals surface area (Å²) in [5.74, 6) is -1.21. The van der Waals surface area contributed by atoms with Crippen molar-refractivity contribution in [2.45, 2.75) is 65.0 Å². The molecule has 47 heavy (non-hydrogen) atoms. The van der Waals surface area contributed by atoms with Crippen LogP contribution in [0, 0.1) is 0 Å². The van der Waals surface area contributed by atoms with E-state index in [1.807, 2.05) is 12.1 Å². The fourth-order valence-electron chi connectivity index (χ4n) is 4.50. The Kier molecular flexibility index (Phi) is 11.3. The Bertz CT molecular complexity index is 1870. The molecule has 4 aromatic rings. The van der Waals surface area contributed by atoms with Gasteiger partial charge in [0.25, 0.3) is 5.56 Å². The smallest absolute Gasteiger partial charge is 0.408 e. The molecule has 14 heteroatoms. The van der Waals surface area contributed by atoms with Gasteiger partial charge in [0.1, 0.15) is 28.8 Å². The monoisotopic (exact) mass is 664 g/mol. The van der Waals surface area contributed by atoms with E-state index in [0.717, 1.165) is 16.9 Å². The number of benzene rings is 2. The zero-order valence-corrected chi connectivity index (χ0v) is 27.2. The number of nitrogens with zero attached hydrogens (tertiary/aromatic N) is 1. The first-order valence-corrected chi connectivity index (χ1v) is 15.5. The van der Waals surface area contributed by atoms with Crippen LogP contribution in [0.1, 0.15) is 43.2 Å². The zero-order valence-electron chi connectivity index (χ0n) is 26.4. The lowest BCUT2D eigenvalue weighted by molar-refractivity contribution is -0.156. The van der Waals surface area contributed by atoms with Gasteiger partial charge in [0.2, 0.25) is 5.91 Å². The number of hydrogen-bond donors (Lipinski definition) is 3. The number of thiophene rings is 1. The van der Waals surface area contributed by atoms with Crippen molar-refractivity contribution in [3.63, 3.8) is 0 Å². The molecule has 0 bridgehead atoms. The summed E-state index contributed by atoms with van der Waals surface area (Å²) in [4.78, 5) is 80.8. The predicted octanol–water partition coefficient (Wildman–Crippen LogP) is 3.21. The first kappa shape index (κ1) is 34.6. The number of ether oxygens (including phenoxy) is 3. The zero-order chi connectivity index (χ0) is 34.1. The van der Waals surface area contributed by atoms with Crippen LogP contribution < -0.4 is 26.6 Å². The van der Waals surface area contributed by atoms with Crippen molar-refractivity contribution in [3.8, 4) is 5.75 Å². The number of hydrogen-bond acceptors (Lipinski definition) is 10. The number of alkyl carbamates (subject to hydrolysis) is 1. The average molecular weight is 665 g/mol. The van der Waals surface area contributed by atoms with E-state index in [4.69, 9.17) is 14.2 Å². The molecule has 0 aliphatic carbocycles. The van der Waals surface area contributed by atoms with Crippen LogP contribution in [0.3, 0.4) is 0 Å². The third kappa shape index (κ3) is 10.1. The lowest BCUT2D eigenvalue weighted by Gasteiger charge is -2.22. The predicted molar refractivity (Wildman–Crippen MR) is 174 cm³/mol. The van der Waals surface area contributed by atoms with Crippen LogP contribution in [-0.4, -0.2) is 52.1 Å². The molecule has 1 atom stereocenters. The van der Waals surface area contributed by atoms with E-state index < -0.39 is 53.7 Å². The number of aromatic nitrogens is 2. The van der Waals surface area contributed by atoms with E-state index in [9.17, 15) is 28.8 Å². The molecule has 0 fully saturated rings. The van der Waals surface area contributed by atoms with Gasteiger partial charge in [-0.2, -0.15) is 0 Å². The number of aromatic amines is 1. The van der Waals surface area contributed by atoms with Crippen LogP contribution in [-0.2, 0) is 50.0 Å². The molecule has 2 aromatic heterocycles. The van der Waals surface area contributed by atoms with E-state index in [-0.39, 0.29) is 35.7 Å². The van der Waals surface area contributed by atoms with Crippen LogP contribution in [0.5, 0.6) is 5.75 Å². The lowest BCUT2D eigenvalue weighted by atomic mass is 10.1. The summed E-state index contributed by atoms with van der Waals surface area (Å²) >= 11 is 1.07. The number of nitrogens with one attached hydrogen (secondary N) is 3. The number of esters is 1. The van der Waals surface area contributed by atoms with Gasteiger partial charge in [-0.05, 0) is 50.1 Å². The van der Waals surface area contributed by atoms with Crippen molar-refractivity contribution in [2.75, 3.05) is 7.11 Å². The molecule has 0 radical (unpaired) electrons. The van der Waals surface area contributed by atoms with Crippen molar-refractivity contribution in [1.82, 2.24) is 20.2 Å². The highest BCUT2D eigenvalue weighted by Crippen LogP contribution is 2.21. The average Bonchev–Trinajstić information content (AvgIpc) is 3.42. The summed E-state index contributed by atoms with van der Waals surface area (Å²) in [6.07, 6.45) is -1.57. The first-order valence-electron chi connectivity index (χ1n) is 14.7. The van der Waals surface area contributed by atoms with Crippen molar-refractivity contribution < 1.29 is 33.4 Å². The standard InChI is InChI=1S/C33H36N4O9S/c1-33(2,3)46-28(40)16-25(35-32(43)45-19-20-9-6-5-7-10-20)26(38)18-37-30(41)24-14-23(47-29(24)36-31(37)42)15-27(39)34-17-21-11-8-12-22(13-21)44-4/h5-14,25H,15-19H2,1-4H3,(H,34,39)(H,35,43)(H,36,42). The molecule has 0 saturated carbocycles. The first-order chi connectivity index (χ1) is 22.3. The topological polar surface area (TPSA) is 175 Å². The van der Waals surface area contributed by atoms with Crippen LogP contribution in [0.4, 0.5) is 4.79 Å². The largest absolute Gasteiger partial charge is 0.497 e. The van der Waals surface area contributed by atoms with Crippen LogP contribution in [0.25, 0.3) is 10.2 Å². The highest BCUT2D eigenvalue weighted by atomic mass is 32.1. The molecule has 248 valence electrons. The third-order valence-electron chi connectivity index (χ3n) is 6.68. The minimum atomic E-state index is -1.46. The summed E-state index contributed by atoms with van der Waals surface area (Å²) in [6, 6.07) is 16.1. The van der Waals surface area contributed by atoms with Gasteiger partial charge in [0, 0.05) is 11.4 Å². The van der Waals surface area contributed by atoms with E-state index in [2.05, 4.69) is 15.6 Å². The molecular weight excluding hydrogens is 628 g/mol. The molecule has 2 amide bonds. The molecule has 2 heterocycles. The molecule has 0 spiro atoms. The molecule has 0 saturated heterocycles. The number of carbonyl (C=O) groups excluding carboxylic acids is 4. The van der Waals surface area contributed by atoms with Crippen molar-refractivity contribution in [3.05, 3.63) is 97.5 Å². The number of carbonyl (C=O) groups is 4. The summed E-state index contributed by atoms with van der Waals surface area (Å²) in [7, 11) is 1.55. The normalized spacial score (nSPS) is 11.8. The molecule has 3 N–H and O–H groups in total. The minimum Gasteiger partial charge on any atom is -0.497 e. The van der Waals surface area contributed by atoms with Gasteiger partial charge in [-0.1, -0.05) is 42.5 Å². The maximum absolute atomic E-state index is 13.4. The van der Waals surface area contributed by atoms with E-state index in [1.54, 1.807) is 70.3 Å². The van der Waals surface area contributed by atoms with Gasteiger partial charge in [0.15, 0.2) is 5.78 Å². The number of rotatable bonds is 13. The Labute approximate surface area is 273 Å². The Balaban J connectivity index is 1.47. The molecule has 4 rings (SSSR count). The van der Waals surface area contributed by atoms with E-state index >= 15 is 0 Å². The second-order valence-electron chi connectivity index (χ2n) is 11.6. The fourth-order valence-corrected chi connectivity index (χ4v) is 5.54. The second kappa shape index (κ2) is 15.4. The highest BCUT2D eigenvalue weighted by molar-refractivity contribution is 7.18. The number of fused-ring (bicyclic) bond motifs is 1. The maximum atomic E-state index is 13.4. The minimum absolute atomic E-state index is 0.0449. The Morgan fingerprint density at radius 3 is 2.40 bits per heavy atom. The van der Waals surface area contributed by atoms with Crippen LogP contribution in [0.2, 0.25) is 0 Å². The Morgan fingerprint density at radius 2 is 1.70 bits per heavy atom. The van der Waals surface area contributed by atoms with Crippen LogP contribution >= 0.6 is 11.3 Å². The number of H-pyrrole nitrogens is 1. The Hall–Kier alpha value is -5.24. The molecule has 0 aliphatic heterocycles. The van der Waals surface area contributed by atoms with Crippen molar-refractivity contribution in [1.29, 1.82) is 0 Å². The quantitative estimate of drug-likeness (QED) is 0.181. The van der Waals surface area contributed by atoms with Gasteiger partial charge in [-0.3, -0.25) is 28.7 Å². The second-order valence-corrected chi connectivity index (χ2v) is 12.7. The summed E-state index contributed by atoms with van der Waals surface area (Å²) in [6.45, 7) is 4.38. The molecule has 1 unspecified atom stereocenters. The summed E-state index contributed by atoms with van der Waals surface area (Å²) < 4.78 is 16.4. The van der Waals surface area contributed by atoms with Gasteiger partial charge in [-0.15, -0.1) is 11.3 Å². The SMILES string of the molecule is COc1cccc(CNC(=O)Cc2cc3c(=O)n(CC(=O)C(CC(=O)OC(C)(C)C)NC(=O)OCc4ccccc4)c(=O)[nH]c3s2)c1. The molecule has 13 nitrogen and oxygen atoms in total. The number of methoxy groups -OCH3 is 1. The fraction of sp³-hybridized carbons (Fsp3) is 0.333. The number of ketones is 1. The van der Waals surface area contributed by atoms with Gasteiger partial charge >= 0.3 is 17.8 Å². The highest BCUT2D eigenvalue weighted by Gasteiger charge is 2.29. The van der Waals surface area contributed by atoms with Gasteiger partial charge in [-0.25, -0.2) is 9.59 Å². The summed E-state index contributed by atoms with van der Waals surface area (Å²) in [5, 5.41) is 5.29. The van der Waals surface area contributed by atoms with Gasteiger partial charge < -0.3 is 24.8 Å². The maximum Gasteiger partial charge on any atom is 0.408 e. The summed E-state index contributed by atoms with van der Waals surface area (Å²) in [5.41, 5.74) is -0.947. The molecule has 0 aliphatic rings. The van der Waals surface area contributed by atoms with E-state index in [1.165, 1.54) is 6.07 Å². The number of Topliss-reactive ketones (excluding diaryl/α,β-unsaturated/α-hetero) is 1. The van der Waals surface area contributed by atoms with Crippen molar-refractivity contribution in [2.24, 2.45) is 0 Å². The third-order valence-corrected chi connectivity index (χ3v) is 7.73. The van der Waals surface area contributed by atoms with Gasteiger partial charge in [0.05, 0.1) is 31.9 Å². The molecule has 2 aromatic carbocycles. The molecular formula is C33H36N4O9S. The van der Waals surface area contributed by atoms with Crippen molar-refractivity contribution >= 4 is 45.3 Å². The van der Waals surface area contributed by atoms with Crippen LogP contribution in [0.15, 0.2) is 70.3 Å². The lowest BCUT2D eigenvalue weighted by Crippen LogP contribution is -2.47. The Morgan fingerprint density at radius 1 is 0.979 bits per heavy atom. The number of amides is 2. The van der Waals surface area contributed by atoms with E-state index in [0.29, 0.717) is 20.8 Å².